The van der Waals surface area contributed by atoms with Gasteiger partial charge in [0.15, 0.2) is 0 Å². The van der Waals surface area contributed by atoms with Crippen LogP contribution in [0.2, 0.25) is 0 Å². The molecule has 1 rings (SSSR count). The van der Waals surface area contributed by atoms with Crippen LogP contribution in [0.5, 0.6) is 0 Å². The third-order valence-corrected chi connectivity index (χ3v) is 2.08. The van der Waals surface area contributed by atoms with Crippen molar-refractivity contribution in [2.45, 2.75) is 26.2 Å². The largest absolute Gasteiger partial charge is 0.367 e. The van der Waals surface area contributed by atoms with E-state index in [-0.39, 0.29) is 11.5 Å². The zero-order chi connectivity index (χ0) is 11.3. The Morgan fingerprint density at radius 3 is 2.80 bits per heavy atom. The third kappa shape index (κ3) is 2.61. The predicted molar refractivity (Wildman–Crippen MR) is 56.8 cm³/mol. The van der Waals surface area contributed by atoms with Crippen molar-refractivity contribution in [2.75, 3.05) is 12.4 Å². The summed E-state index contributed by atoms with van der Waals surface area (Å²) in [5.41, 5.74) is 0.495. The second-order valence-corrected chi connectivity index (χ2v) is 3.13. The summed E-state index contributed by atoms with van der Waals surface area (Å²) in [7, 11) is 1.61. The summed E-state index contributed by atoms with van der Waals surface area (Å²) >= 11 is 0. The van der Waals surface area contributed by atoms with Gasteiger partial charge in [-0.25, -0.2) is 9.97 Å². The highest BCUT2D eigenvalue weighted by molar-refractivity contribution is 5.57. The van der Waals surface area contributed by atoms with Crippen LogP contribution in [0.3, 0.4) is 0 Å². The van der Waals surface area contributed by atoms with Gasteiger partial charge < -0.3 is 5.32 Å². The van der Waals surface area contributed by atoms with Crippen LogP contribution in [0.1, 0.15) is 25.5 Å². The Morgan fingerprint density at radius 2 is 2.27 bits per heavy atom. The van der Waals surface area contributed by atoms with Crippen molar-refractivity contribution in [2.24, 2.45) is 0 Å². The SMILES string of the molecule is CCCCc1ncnc(NC)c1[N+](=O)[O-]. The molecule has 1 heterocycles. The first-order valence-electron chi connectivity index (χ1n) is 4.86. The molecule has 1 aromatic heterocycles. The maximum Gasteiger partial charge on any atom is 0.332 e. The smallest absolute Gasteiger partial charge is 0.332 e. The highest BCUT2D eigenvalue weighted by Crippen LogP contribution is 2.25. The Kier molecular flexibility index (Phi) is 3.96. The Balaban J connectivity index is 3.07. The molecule has 0 fully saturated rings. The molecule has 82 valence electrons. The van der Waals surface area contributed by atoms with E-state index in [1.54, 1.807) is 7.05 Å². The number of nitrogens with one attached hydrogen (secondary N) is 1. The van der Waals surface area contributed by atoms with E-state index in [1.165, 1.54) is 6.33 Å². The molecule has 0 saturated heterocycles. The van der Waals surface area contributed by atoms with Crippen LogP contribution in [0.15, 0.2) is 6.33 Å². The molecule has 0 amide bonds. The summed E-state index contributed by atoms with van der Waals surface area (Å²) in [6.45, 7) is 2.03. The average molecular weight is 210 g/mol. The van der Waals surface area contributed by atoms with E-state index in [1.807, 2.05) is 6.92 Å². The van der Waals surface area contributed by atoms with Gasteiger partial charge in [0, 0.05) is 7.05 Å². The number of rotatable bonds is 5. The molecule has 6 nitrogen and oxygen atoms in total. The van der Waals surface area contributed by atoms with Gasteiger partial charge in [-0.2, -0.15) is 0 Å². The van der Waals surface area contributed by atoms with Crippen LogP contribution in [-0.2, 0) is 6.42 Å². The highest BCUT2D eigenvalue weighted by Gasteiger charge is 2.20. The van der Waals surface area contributed by atoms with Gasteiger partial charge in [0.1, 0.15) is 12.0 Å². The van der Waals surface area contributed by atoms with E-state index in [4.69, 9.17) is 0 Å². The lowest BCUT2D eigenvalue weighted by atomic mass is 10.2. The minimum Gasteiger partial charge on any atom is -0.367 e. The topological polar surface area (TPSA) is 81.0 Å². The lowest BCUT2D eigenvalue weighted by Gasteiger charge is -2.04. The first-order valence-corrected chi connectivity index (χ1v) is 4.86. The van der Waals surface area contributed by atoms with Gasteiger partial charge in [0.25, 0.3) is 0 Å². The lowest BCUT2D eigenvalue weighted by Crippen LogP contribution is -2.05. The normalized spacial score (nSPS) is 10.0. The summed E-state index contributed by atoms with van der Waals surface area (Å²) < 4.78 is 0. The van der Waals surface area contributed by atoms with Gasteiger partial charge in [-0.15, -0.1) is 0 Å². The average Bonchev–Trinajstić information content (AvgIpc) is 2.25. The first-order chi connectivity index (χ1) is 7.20. The van der Waals surface area contributed by atoms with Crippen LogP contribution >= 0.6 is 0 Å². The van der Waals surface area contributed by atoms with Gasteiger partial charge in [0.05, 0.1) is 4.92 Å². The van der Waals surface area contributed by atoms with E-state index in [0.29, 0.717) is 12.1 Å². The van der Waals surface area contributed by atoms with Crippen molar-refractivity contribution >= 4 is 11.5 Å². The summed E-state index contributed by atoms with van der Waals surface area (Å²) in [6, 6.07) is 0. The molecule has 0 aliphatic carbocycles. The Morgan fingerprint density at radius 1 is 1.53 bits per heavy atom. The molecule has 0 aliphatic rings. The van der Waals surface area contributed by atoms with E-state index in [2.05, 4.69) is 15.3 Å². The molecule has 0 aliphatic heterocycles. The minimum absolute atomic E-state index is 0.00606. The molecule has 6 heteroatoms. The number of nitrogens with zero attached hydrogens (tertiary/aromatic N) is 3. The van der Waals surface area contributed by atoms with Crippen molar-refractivity contribution in [3.8, 4) is 0 Å². The predicted octanol–water partition coefficient (Wildman–Crippen LogP) is 1.77. The number of nitro groups is 1. The standard InChI is InChI=1S/C9H14N4O2/c1-3-4-5-7-8(13(14)15)9(10-2)12-6-11-7/h6H,3-5H2,1-2H3,(H,10,11,12). The van der Waals surface area contributed by atoms with Gasteiger partial charge in [0.2, 0.25) is 5.82 Å². The second kappa shape index (κ2) is 5.23. The van der Waals surface area contributed by atoms with E-state index in [9.17, 15) is 10.1 Å². The monoisotopic (exact) mass is 210 g/mol. The molecule has 0 spiro atoms. The zero-order valence-electron chi connectivity index (χ0n) is 8.86. The Labute approximate surface area is 87.9 Å². The maximum atomic E-state index is 10.9. The van der Waals surface area contributed by atoms with E-state index in [0.717, 1.165) is 12.8 Å². The second-order valence-electron chi connectivity index (χ2n) is 3.13. The molecule has 1 aromatic rings. The van der Waals surface area contributed by atoms with Gasteiger partial charge in [-0.3, -0.25) is 10.1 Å². The zero-order valence-corrected chi connectivity index (χ0v) is 8.86. The van der Waals surface area contributed by atoms with Crippen molar-refractivity contribution in [1.82, 2.24) is 9.97 Å². The third-order valence-electron chi connectivity index (χ3n) is 2.08. The molecular formula is C9H14N4O2. The number of aromatic nitrogens is 2. The van der Waals surface area contributed by atoms with Gasteiger partial charge >= 0.3 is 5.69 Å². The van der Waals surface area contributed by atoms with Crippen LogP contribution in [0, 0.1) is 10.1 Å². The number of anilines is 1. The Bertz CT molecular complexity index is 354. The number of hydrogen-bond donors (Lipinski definition) is 1. The number of aryl methyl sites for hydroxylation is 1. The molecule has 0 aromatic carbocycles. The summed E-state index contributed by atoms with van der Waals surface area (Å²) in [4.78, 5) is 18.2. The minimum atomic E-state index is -0.434. The van der Waals surface area contributed by atoms with Crippen molar-refractivity contribution < 1.29 is 4.92 Å². The van der Waals surface area contributed by atoms with Crippen LogP contribution in [0.25, 0.3) is 0 Å². The molecule has 0 radical (unpaired) electrons. The molecular weight excluding hydrogens is 196 g/mol. The Hall–Kier alpha value is -1.72. The van der Waals surface area contributed by atoms with Crippen LogP contribution in [0.4, 0.5) is 11.5 Å². The number of hydrogen-bond acceptors (Lipinski definition) is 5. The van der Waals surface area contributed by atoms with Crippen molar-refractivity contribution in [3.05, 3.63) is 22.1 Å². The maximum absolute atomic E-state index is 10.9. The number of unbranched alkanes of at least 4 members (excludes halogenated alkanes) is 1. The van der Waals surface area contributed by atoms with Crippen LogP contribution < -0.4 is 5.32 Å². The fourth-order valence-corrected chi connectivity index (χ4v) is 1.32. The summed E-state index contributed by atoms with van der Waals surface area (Å²) in [5, 5.41) is 13.6. The fourth-order valence-electron chi connectivity index (χ4n) is 1.32. The quantitative estimate of drug-likeness (QED) is 0.591. The fraction of sp³-hybridized carbons (Fsp3) is 0.556. The molecule has 0 atom stereocenters. The van der Waals surface area contributed by atoms with E-state index >= 15 is 0 Å². The van der Waals surface area contributed by atoms with Crippen molar-refractivity contribution in [1.29, 1.82) is 0 Å². The first kappa shape index (κ1) is 11.4. The van der Waals surface area contributed by atoms with Gasteiger partial charge in [-0.1, -0.05) is 13.3 Å². The molecule has 0 saturated carbocycles. The summed E-state index contributed by atoms with van der Waals surface area (Å²) in [5.74, 6) is 0.279. The van der Waals surface area contributed by atoms with Crippen molar-refractivity contribution in [3.63, 3.8) is 0 Å². The van der Waals surface area contributed by atoms with E-state index < -0.39 is 4.92 Å². The van der Waals surface area contributed by atoms with Gasteiger partial charge in [-0.05, 0) is 12.8 Å². The summed E-state index contributed by atoms with van der Waals surface area (Å²) in [6.07, 6.45) is 3.84. The highest BCUT2D eigenvalue weighted by atomic mass is 16.6. The molecule has 15 heavy (non-hydrogen) atoms. The molecule has 0 unspecified atom stereocenters. The molecule has 0 bridgehead atoms. The van der Waals surface area contributed by atoms with Crippen LogP contribution in [-0.4, -0.2) is 21.9 Å². The molecule has 1 N–H and O–H groups in total. The lowest BCUT2D eigenvalue weighted by molar-refractivity contribution is -0.385.